The van der Waals surface area contributed by atoms with Gasteiger partial charge >= 0.3 is 5.97 Å². The summed E-state index contributed by atoms with van der Waals surface area (Å²) >= 11 is 0. The van der Waals surface area contributed by atoms with Gasteiger partial charge in [0.1, 0.15) is 11.6 Å². The molecule has 0 spiro atoms. The predicted octanol–water partition coefficient (Wildman–Crippen LogP) is 8.14. The Labute approximate surface area is 251 Å². The number of nitrogens with zero attached hydrogens (tertiary/aromatic N) is 5. The minimum absolute atomic E-state index is 0.0305. The van der Waals surface area contributed by atoms with Gasteiger partial charge in [-0.2, -0.15) is 15.5 Å². The van der Waals surface area contributed by atoms with Gasteiger partial charge in [-0.25, -0.2) is 4.79 Å². The number of hydrogen-bond donors (Lipinski definition) is 0. The molecule has 2 aromatic rings. The number of nitriles is 1. The zero-order chi connectivity index (χ0) is 30.0. The highest BCUT2D eigenvalue weighted by Crippen LogP contribution is 2.24. The van der Waals surface area contributed by atoms with Crippen LogP contribution in [0.4, 0.5) is 17.1 Å². The van der Waals surface area contributed by atoms with Gasteiger partial charge in [-0.05, 0) is 60.9 Å². The van der Waals surface area contributed by atoms with Crippen molar-refractivity contribution in [1.82, 2.24) is 4.90 Å². The summed E-state index contributed by atoms with van der Waals surface area (Å²) in [5, 5.41) is 18.0. The maximum atomic E-state index is 12.6. The highest BCUT2D eigenvalue weighted by molar-refractivity contribution is 5.97. The second kappa shape index (κ2) is 18.4. The van der Waals surface area contributed by atoms with Crippen LogP contribution in [0.3, 0.4) is 0 Å². The number of esters is 1. The Balaban J connectivity index is 1.43. The monoisotopic (exact) mass is 571 g/mol. The fraction of sp³-hybridized carbons (Fsp3) is 0.500. The van der Waals surface area contributed by atoms with E-state index in [1.807, 2.05) is 42.2 Å². The molecule has 42 heavy (non-hydrogen) atoms. The van der Waals surface area contributed by atoms with Crippen LogP contribution in [0.5, 0.6) is 0 Å². The molecule has 1 aliphatic heterocycles. The summed E-state index contributed by atoms with van der Waals surface area (Å²) in [4.78, 5) is 29.0. The lowest BCUT2D eigenvalue weighted by Gasteiger charge is -2.36. The predicted molar refractivity (Wildman–Crippen MR) is 168 cm³/mol. The van der Waals surface area contributed by atoms with Crippen molar-refractivity contribution in [2.24, 2.45) is 10.2 Å². The van der Waals surface area contributed by atoms with Gasteiger partial charge in [0, 0.05) is 38.3 Å². The van der Waals surface area contributed by atoms with Gasteiger partial charge in [0.05, 0.1) is 18.0 Å². The Kier molecular flexibility index (Phi) is 14.3. The molecule has 0 N–H and O–H groups in total. The number of azo groups is 1. The maximum Gasteiger partial charge on any atom is 0.348 e. The highest BCUT2D eigenvalue weighted by atomic mass is 16.5. The first-order chi connectivity index (χ1) is 20.5. The van der Waals surface area contributed by atoms with E-state index in [2.05, 4.69) is 22.1 Å². The van der Waals surface area contributed by atoms with Gasteiger partial charge in [-0.15, -0.1) is 0 Å². The number of rotatable bonds is 16. The minimum Gasteiger partial charge on any atom is -0.462 e. The van der Waals surface area contributed by atoms with Crippen LogP contribution in [0.25, 0.3) is 6.08 Å². The van der Waals surface area contributed by atoms with E-state index in [-0.39, 0.29) is 5.57 Å². The summed E-state index contributed by atoms with van der Waals surface area (Å²) in [5.41, 5.74) is 3.20. The summed E-state index contributed by atoms with van der Waals surface area (Å²) in [5.74, 6) is -0.314. The molecule has 1 aliphatic rings. The number of anilines is 1. The van der Waals surface area contributed by atoms with Crippen LogP contribution in [0.15, 0.2) is 64.3 Å². The lowest BCUT2D eigenvalue weighted by atomic mass is 10.1. The van der Waals surface area contributed by atoms with Crippen LogP contribution < -0.4 is 4.90 Å². The Morgan fingerprint density at radius 2 is 1.38 bits per heavy atom. The molecule has 8 heteroatoms. The topological polar surface area (TPSA) is 98.4 Å². The molecule has 224 valence electrons. The number of hydrogen-bond acceptors (Lipinski definition) is 7. The van der Waals surface area contributed by atoms with Crippen LogP contribution in [0, 0.1) is 11.3 Å². The standard InChI is InChI=1S/C34H45N5O3/c1-3-5-7-8-9-10-11-12-33(40)39-23-21-38(22-24-39)32-19-17-31(18-20-32)37-36-30-15-13-28(14-16-30)26-29(27-35)34(41)42-25-6-4-2/h13-20,26H,3-12,21-25H2,1-2H3/b29-26+,37-36?. The van der Waals surface area contributed by atoms with E-state index in [0.29, 0.717) is 30.2 Å². The average molecular weight is 572 g/mol. The summed E-state index contributed by atoms with van der Waals surface area (Å²) in [6.45, 7) is 7.73. The first kappa shape index (κ1) is 32.5. The first-order valence-corrected chi connectivity index (χ1v) is 15.5. The van der Waals surface area contributed by atoms with Gasteiger partial charge in [0.25, 0.3) is 0 Å². The number of amides is 1. The highest BCUT2D eigenvalue weighted by Gasteiger charge is 2.21. The molecular formula is C34H45N5O3. The van der Waals surface area contributed by atoms with Crippen LogP contribution in [0.2, 0.25) is 0 Å². The molecule has 0 radical (unpaired) electrons. The first-order valence-electron chi connectivity index (χ1n) is 15.5. The van der Waals surface area contributed by atoms with Crippen molar-refractivity contribution in [1.29, 1.82) is 5.26 Å². The van der Waals surface area contributed by atoms with Crippen LogP contribution in [-0.2, 0) is 14.3 Å². The van der Waals surface area contributed by atoms with Crippen molar-refractivity contribution < 1.29 is 14.3 Å². The zero-order valence-electron chi connectivity index (χ0n) is 25.3. The third kappa shape index (κ3) is 11.1. The molecular weight excluding hydrogens is 526 g/mol. The number of piperazine rings is 1. The third-order valence-corrected chi connectivity index (χ3v) is 7.40. The molecule has 0 aromatic heterocycles. The van der Waals surface area contributed by atoms with E-state index in [1.54, 1.807) is 24.3 Å². The Hall–Kier alpha value is -3.99. The molecule has 0 aliphatic carbocycles. The van der Waals surface area contributed by atoms with Crippen molar-refractivity contribution in [2.45, 2.75) is 78.1 Å². The zero-order valence-corrected chi connectivity index (χ0v) is 25.3. The molecule has 2 aromatic carbocycles. The number of ether oxygens (including phenoxy) is 1. The van der Waals surface area contributed by atoms with Crippen LogP contribution in [0.1, 0.15) is 83.6 Å². The molecule has 0 atom stereocenters. The molecule has 0 unspecified atom stereocenters. The van der Waals surface area contributed by atoms with E-state index in [9.17, 15) is 14.9 Å². The summed E-state index contributed by atoms with van der Waals surface area (Å²) in [6, 6.07) is 17.0. The number of carbonyl (C=O) groups excluding carboxylic acids is 2. The third-order valence-electron chi connectivity index (χ3n) is 7.40. The quantitative estimate of drug-likeness (QED) is 0.0666. The minimum atomic E-state index is -0.604. The van der Waals surface area contributed by atoms with Crippen molar-refractivity contribution in [3.05, 3.63) is 59.7 Å². The van der Waals surface area contributed by atoms with Crippen LogP contribution in [-0.4, -0.2) is 49.6 Å². The van der Waals surface area contributed by atoms with Gasteiger partial charge in [-0.3, -0.25) is 4.79 Å². The molecule has 1 saturated heterocycles. The molecule has 1 amide bonds. The Morgan fingerprint density at radius 1 is 0.810 bits per heavy atom. The number of benzene rings is 2. The Morgan fingerprint density at radius 3 is 1.98 bits per heavy atom. The van der Waals surface area contributed by atoms with Gasteiger partial charge in [0.2, 0.25) is 5.91 Å². The summed E-state index contributed by atoms with van der Waals surface area (Å²) in [7, 11) is 0. The Bertz CT molecular complexity index is 1210. The maximum absolute atomic E-state index is 12.6. The van der Waals surface area contributed by atoms with Gasteiger partial charge in [0.15, 0.2) is 0 Å². The number of unbranched alkanes of at least 4 members (excludes halogenated alkanes) is 7. The van der Waals surface area contributed by atoms with Crippen molar-refractivity contribution in [3.63, 3.8) is 0 Å². The normalized spacial score (nSPS) is 13.8. The molecule has 0 saturated carbocycles. The average Bonchev–Trinajstić information content (AvgIpc) is 3.03. The molecule has 3 rings (SSSR count). The van der Waals surface area contributed by atoms with Crippen LogP contribution >= 0.6 is 0 Å². The fourth-order valence-electron chi connectivity index (χ4n) is 4.78. The SMILES string of the molecule is CCCCCCCCCC(=O)N1CCN(c2ccc(N=Nc3ccc(/C=C(\C#N)C(=O)OCCCC)cc3)cc2)CC1. The van der Waals surface area contributed by atoms with E-state index in [4.69, 9.17) is 4.74 Å². The molecule has 1 heterocycles. The lowest BCUT2D eigenvalue weighted by molar-refractivity contribution is -0.138. The van der Waals surface area contributed by atoms with Crippen molar-refractivity contribution >= 4 is 35.0 Å². The lowest BCUT2D eigenvalue weighted by Crippen LogP contribution is -2.48. The van der Waals surface area contributed by atoms with Crippen molar-refractivity contribution in [2.75, 3.05) is 37.7 Å². The molecule has 8 nitrogen and oxygen atoms in total. The van der Waals surface area contributed by atoms with E-state index in [0.717, 1.165) is 63.2 Å². The van der Waals surface area contributed by atoms with Gasteiger partial charge in [-0.1, -0.05) is 70.9 Å². The second-order valence-corrected chi connectivity index (χ2v) is 10.7. The molecule has 0 bridgehead atoms. The van der Waals surface area contributed by atoms with E-state index in [1.165, 1.54) is 38.2 Å². The van der Waals surface area contributed by atoms with Crippen molar-refractivity contribution in [3.8, 4) is 6.07 Å². The largest absolute Gasteiger partial charge is 0.462 e. The van der Waals surface area contributed by atoms with E-state index < -0.39 is 5.97 Å². The van der Waals surface area contributed by atoms with E-state index >= 15 is 0 Å². The second-order valence-electron chi connectivity index (χ2n) is 10.7. The fourth-order valence-corrected chi connectivity index (χ4v) is 4.78. The number of carbonyl (C=O) groups is 2. The summed E-state index contributed by atoms with van der Waals surface area (Å²) < 4.78 is 5.13. The smallest absolute Gasteiger partial charge is 0.348 e. The molecule has 1 fully saturated rings. The summed E-state index contributed by atoms with van der Waals surface area (Å²) in [6.07, 6.45) is 12.4. The van der Waals surface area contributed by atoms with Gasteiger partial charge < -0.3 is 14.5 Å².